The molecule has 9 heteroatoms. The highest BCUT2D eigenvalue weighted by Crippen LogP contribution is 2.20. The van der Waals surface area contributed by atoms with E-state index in [1.807, 2.05) is 20.8 Å². The van der Waals surface area contributed by atoms with E-state index in [4.69, 9.17) is 9.47 Å². The highest BCUT2D eigenvalue weighted by molar-refractivity contribution is 5.71. The Bertz CT molecular complexity index is 683. The summed E-state index contributed by atoms with van der Waals surface area (Å²) >= 11 is 0. The molecule has 2 rings (SSSR count). The van der Waals surface area contributed by atoms with Crippen molar-refractivity contribution in [2.45, 2.75) is 51.7 Å². The second-order valence-electron chi connectivity index (χ2n) is 7.34. The molecule has 0 spiro atoms. The average molecular weight is 379 g/mol. The van der Waals surface area contributed by atoms with Gasteiger partial charge in [0.1, 0.15) is 11.4 Å². The first-order chi connectivity index (χ1) is 12.7. The predicted molar refractivity (Wildman–Crippen MR) is 97.7 cm³/mol. The number of likely N-dealkylation sites (tertiary alicyclic amines) is 1. The van der Waals surface area contributed by atoms with Gasteiger partial charge in [-0.25, -0.2) is 9.59 Å². The highest BCUT2D eigenvalue weighted by atomic mass is 16.6. The van der Waals surface area contributed by atoms with Gasteiger partial charge in [-0.2, -0.15) is 0 Å². The van der Waals surface area contributed by atoms with Gasteiger partial charge in [0.2, 0.25) is 0 Å². The van der Waals surface area contributed by atoms with Gasteiger partial charge in [0.15, 0.2) is 0 Å². The Balaban J connectivity index is 1.88. The summed E-state index contributed by atoms with van der Waals surface area (Å²) in [6.45, 7) is 6.25. The first-order valence-corrected chi connectivity index (χ1v) is 8.85. The van der Waals surface area contributed by atoms with Crippen LogP contribution >= 0.6 is 0 Å². The Hall–Kier alpha value is -2.84. The molecule has 1 aliphatic heterocycles. The lowest BCUT2D eigenvalue weighted by atomic mass is 10.0. The standard InChI is InChI=1S/C18H25N3O6/c1-18(2,3)27-17(23)20-11-5-4-6-14(20)12-19-16(22)26-15-9-7-13(8-10-15)21(24)25/h7-10,14H,4-6,11-12H2,1-3H3,(H,19,22)/t14-/m0/s1. The van der Waals surface area contributed by atoms with Crippen LogP contribution < -0.4 is 10.1 Å². The van der Waals surface area contributed by atoms with Crippen LogP contribution in [0.5, 0.6) is 5.75 Å². The Kier molecular flexibility index (Phi) is 6.59. The second-order valence-corrected chi connectivity index (χ2v) is 7.34. The Morgan fingerprint density at radius 3 is 2.52 bits per heavy atom. The molecule has 1 aromatic carbocycles. The number of carbonyl (C=O) groups excluding carboxylic acids is 2. The zero-order chi connectivity index (χ0) is 20.0. The number of hydrogen-bond acceptors (Lipinski definition) is 6. The summed E-state index contributed by atoms with van der Waals surface area (Å²) in [7, 11) is 0. The number of nitrogens with zero attached hydrogens (tertiary/aromatic N) is 2. The van der Waals surface area contributed by atoms with Crippen LogP contribution in [0.3, 0.4) is 0 Å². The maximum Gasteiger partial charge on any atom is 0.412 e. The molecule has 1 atom stereocenters. The molecule has 1 heterocycles. The van der Waals surface area contributed by atoms with Crippen molar-refractivity contribution in [3.63, 3.8) is 0 Å². The SMILES string of the molecule is CC(C)(C)OC(=O)N1CCCC[C@H]1CNC(=O)Oc1ccc([N+](=O)[O-])cc1. The third-order valence-corrected chi connectivity index (χ3v) is 4.00. The second kappa shape index (κ2) is 8.70. The van der Waals surface area contributed by atoms with Crippen LogP contribution in [0, 0.1) is 10.1 Å². The van der Waals surface area contributed by atoms with E-state index in [0.29, 0.717) is 6.54 Å². The van der Waals surface area contributed by atoms with Gasteiger partial charge in [0, 0.05) is 25.2 Å². The van der Waals surface area contributed by atoms with Crippen LogP contribution in [0.2, 0.25) is 0 Å². The van der Waals surface area contributed by atoms with E-state index in [1.54, 1.807) is 4.90 Å². The third kappa shape index (κ3) is 6.43. The molecular formula is C18H25N3O6. The zero-order valence-corrected chi connectivity index (χ0v) is 15.8. The summed E-state index contributed by atoms with van der Waals surface area (Å²) in [5.74, 6) is 0.200. The number of benzene rings is 1. The van der Waals surface area contributed by atoms with E-state index >= 15 is 0 Å². The summed E-state index contributed by atoms with van der Waals surface area (Å²) in [5.41, 5.74) is -0.667. The predicted octanol–water partition coefficient (Wildman–Crippen LogP) is 3.47. The Morgan fingerprint density at radius 2 is 1.93 bits per heavy atom. The number of carbonyl (C=O) groups is 2. The molecule has 1 N–H and O–H groups in total. The number of ether oxygens (including phenoxy) is 2. The van der Waals surface area contributed by atoms with Gasteiger partial charge in [-0.05, 0) is 52.2 Å². The number of hydrogen-bond donors (Lipinski definition) is 1. The monoisotopic (exact) mass is 379 g/mol. The molecule has 2 amide bonds. The van der Waals surface area contributed by atoms with Crippen LogP contribution in [0.25, 0.3) is 0 Å². The number of piperidine rings is 1. The topological polar surface area (TPSA) is 111 Å². The van der Waals surface area contributed by atoms with Crippen molar-refractivity contribution in [1.29, 1.82) is 0 Å². The summed E-state index contributed by atoms with van der Waals surface area (Å²) in [5, 5.41) is 13.3. The number of nitro groups is 1. The molecule has 0 bridgehead atoms. The van der Waals surface area contributed by atoms with Gasteiger partial charge >= 0.3 is 12.2 Å². The average Bonchev–Trinajstić information content (AvgIpc) is 2.59. The van der Waals surface area contributed by atoms with E-state index in [1.165, 1.54) is 24.3 Å². The van der Waals surface area contributed by atoms with E-state index in [0.717, 1.165) is 19.3 Å². The fourth-order valence-electron chi connectivity index (χ4n) is 2.75. The van der Waals surface area contributed by atoms with Gasteiger partial charge in [-0.3, -0.25) is 10.1 Å². The molecule has 148 valence electrons. The zero-order valence-electron chi connectivity index (χ0n) is 15.8. The van der Waals surface area contributed by atoms with Crippen molar-refractivity contribution < 1.29 is 24.0 Å². The van der Waals surface area contributed by atoms with Crippen LogP contribution in [0.15, 0.2) is 24.3 Å². The quantitative estimate of drug-likeness (QED) is 0.633. The molecule has 0 aliphatic carbocycles. The van der Waals surface area contributed by atoms with E-state index in [-0.39, 0.29) is 24.0 Å². The first-order valence-electron chi connectivity index (χ1n) is 8.85. The molecule has 0 unspecified atom stereocenters. The van der Waals surface area contributed by atoms with Crippen molar-refractivity contribution >= 4 is 17.9 Å². The molecule has 0 saturated carbocycles. The minimum atomic E-state index is -0.682. The van der Waals surface area contributed by atoms with Crippen molar-refractivity contribution in [2.75, 3.05) is 13.1 Å². The molecule has 1 saturated heterocycles. The molecular weight excluding hydrogens is 354 g/mol. The molecule has 0 aromatic heterocycles. The van der Waals surface area contributed by atoms with Crippen molar-refractivity contribution in [1.82, 2.24) is 10.2 Å². The number of non-ortho nitro benzene ring substituents is 1. The Morgan fingerprint density at radius 1 is 1.26 bits per heavy atom. The number of rotatable bonds is 4. The van der Waals surface area contributed by atoms with Crippen molar-refractivity contribution in [2.24, 2.45) is 0 Å². The largest absolute Gasteiger partial charge is 0.444 e. The van der Waals surface area contributed by atoms with Crippen LogP contribution in [0.4, 0.5) is 15.3 Å². The van der Waals surface area contributed by atoms with Crippen LogP contribution in [-0.2, 0) is 4.74 Å². The summed E-state index contributed by atoms with van der Waals surface area (Å²) < 4.78 is 10.5. The van der Waals surface area contributed by atoms with Crippen molar-refractivity contribution in [3.8, 4) is 5.75 Å². The number of nitro benzene ring substituents is 1. The lowest BCUT2D eigenvalue weighted by Crippen LogP contribution is -2.51. The minimum absolute atomic E-state index is 0.0852. The minimum Gasteiger partial charge on any atom is -0.444 e. The summed E-state index contributed by atoms with van der Waals surface area (Å²) in [4.78, 5) is 36.1. The van der Waals surface area contributed by atoms with E-state index in [9.17, 15) is 19.7 Å². The Labute approximate surface area is 157 Å². The van der Waals surface area contributed by atoms with E-state index in [2.05, 4.69) is 5.32 Å². The van der Waals surface area contributed by atoms with Gasteiger partial charge in [-0.1, -0.05) is 0 Å². The van der Waals surface area contributed by atoms with Crippen molar-refractivity contribution in [3.05, 3.63) is 34.4 Å². The first kappa shape index (κ1) is 20.5. The summed E-state index contributed by atoms with van der Waals surface area (Å²) in [6.07, 6.45) is 1.54. The molecule has 9 nitrogen and oxygen atoms in total. The maximum atomic E-state index is 12.4. The molecule has 27 heavy (non-hydrogen) atoms. The number of nitrogens with one attached hydrogen (secondary N) is 1. The lowest BCUT2D eigenvalue weighted by Gasteiger charge is -2.36. The van der Waals surface area contributed by atoms with Gasteiger partial charge in [0.25, 0.3) is 5.69 Å². The molecule has 1 aromatic rings. The molecule has 0 radical (unpaired) electrons. The van der Waals surface area contributed by atoms with Gasteiger partial charge in [0.05, 0.1) is 11.0 Å². The maximum absolute atomic E-state index is 12.4. The van der Waals surface area contributed by atoms with Gasteiger partial charge in [-0.15, -0.1) is 0 Å². The normalized spacial score (nSPS) is 17.1. The fourth-order valence-corrected chi connectivity index (χ4v) is 2.75. The highest BCUT2D eigenvalue weighted by Gasteiger charge is 2.30. The molecule has 1 aliphatic rings. The smallest absolute Gasteiger partial charge is 0.412 e. The van der Waals surface area contributed by atoms with Crippen LogP contribution in [0.1, 0.15) is 40.0 Å². The fraction of sp³-hybridized carbons (Fsp3) is 0.556. The van der Waals surface area contributed by atoms with Crippen LogP contribution in [-0.4, -0.2) is 46.7 Å². The summed E-state index contributed by atoms with van der Waals surface area (Å²) in [6, 6.07) is 5.05. The third-order valence-electron chi connectivity index (χ3n) is 4.00. The lowest BCUT2D eigenvalue weighted by molar-refractivity contribution is -0.384. The van der Waals surface area contributed by atoms with E-state index < -0.39 is 22.7 Å². The molecule has 1 fully saturated rings. The van der Waals surface area contributed by atoms with Gasteiger partial charge < -0.3 is 19.7 Å². The number of amides is 2.